The second-order valence-electron chi connectivity index (χ2n) is 4.94. The highest BCUT2D eigenvalue weighted by Crippen LogP contribution is 2.15. The van der Waals surface area contributed by atoms with Crippen LogP contribution in [0, 0.1) is 13.8 Å². The molecular weight excluding hydrogens is 224 g/mol. The second kappa shape index (κ2) is 5.21. The van der Waals surface area contributed by atoms with Crippen molar-refractivity contribution in [1.29, 1.82) is 0 Å². The first kappa shape index (κ1) is 12.6. The Morgan fingerprint density at radius 1 is 1.17 bits per heavy atom. The van der Waals surface area contributed by atoms with Gasteiger partial charge in [-0.15, -0.1) is 0 Å². The Morgan fingerprint density at radius 3 is 2.44 bits per heavy atom. The number of hydrogen-bond acceptors (Lipinski definition) is 3. The first-order chi connectivity index (χ1) is 8.56. The molecule has 1 N–H and O–H groups in total. The van der Waals surface area contributed by atoms with Gasteiger partial charge in [0.15, 0.2) is 0 Å². The number of rotatable bonds is 4. The molecule has 0 aliphatic heterocycles. The molecule has 0 radical (unpaired) electrons. The molecule has 1 heterocycles. The van der Waals surface area contributed by atoms with Crippen molar-refractivity contribution in [3.8, 4) is 0 Å². The van der Waals surface area contributed by atoms with Gasteiger partial charge < -0.3 is 5.32 Å². The van der Waals surface area contributed by atoms with Gasteiger partial charge in [0.25, 0.3) is 0 Å². The van der Waals surface area contributed by atoms with E-state index in [2.05, 4.69) is 61.3 Å². The molecule has 2 aromatic rings. The smallest absolute Gasteiger partial charge is 0.146 e. The topological polar surface area (TPSA) is 42.7 Å². The number of nitrogens with one attached hydrogen (secondary N) is 1. The highest BCUT2D eigenvalue weighted by atomic mass is 15.3. The van der Waals surface area contributed by atoms with Crippen LogP contribution in [-0.4, -0.2) is 14.8 Å². The molecule has 1 aromatic heterocycles. The SMILES string of the molecule is Cc1cc(C)cc(NCc2ncnn2C(C)C)c1. The molecule has 0 spiro atoms. The van der Waals surface area contributed by atoms with Gasteiger partial charge in [-0.05, 0) is 51.0 Å². The molecule has 4 heteroatoms. The number of aromatic nitrogens is 3. The molecular formula is C14H20N4. The Kier molecular flexibility index (Phi) is 3.65. The standard InChI is InChI=1S/C14H20N4/c1-10(2)18-14(16-9-17-18)8-15-13-6-11(3)5-12(4)7-13/h5-7,9-10,15H,8H2,1-4H3. The van der Waals surface area contributed by atoms with E-state index in [0.29, 0.717) is 12.6 Å². The maximum atomic E-state index is 4.29. The van der Waals surface area contributed by atoms with Crippen molar-refractivity contribution in [1.82, 2.24) is 14.8 Å². The molecule has 96 valence electrons. The predicted octanol–water partition coefficient (Wildman–Crippen LogP) is 3.09. The highest BCUT2D eigenvalue weighted by Gasteiger charge is 2.07. The lowest BCUT2D eigenvalue weighted by atomic mass is 10.1. The van der Waals surface area contributed by atoms with Crippen LogP contribution < -0.4 is 5.32 Å². The van der Waals surface area contributed by atoms with Crippen molar-refractivity contribution in [3.05, 3.63) is 41.5 Å². The molecule has 1 aromatic carbocycles. The molecule has 0 atom stereocenters. The predicted molar refractivity (Wildman–Crippen MR) is 73.6 cm³/mol. The summed E-state index contributed by atoms with van der Waals surface area (Å²) in [5, 5.41) is 7.63. The van der Waals surface area contributed by atoms with Crippen LogP contribution in [-0.2, 0) is 6.54 Å². The van der Waals surface area contributed by atoms with E-state index in [-0.39, 0.29) is 0 Å². The first-order valence-corrected chi connectivity index (χ1v) is 6.27. The molecule has 4 nitrogen and oxygen atoms in total. The van der Waals surface area contributed by atoms with Gasteiger partial charge in [-0.25, -0.2) is 9.67 Å². The summed E-state index contributed by atoms with van der Waals surface area (Å²) in [5.74, 6) is 0.962. The van der Waals surface area contributed by atoms with Crippen LogP contribution in [0.1, 0.15) is 36.8 Å². The molecule has 0 saturated carbocycles. The van der Waals surface area contributed by atoms with Gasteiger partial charge in [0.2, 0.25) is 0 Å². The second-order valence-corrected chi connectivity index (χ2v) is 4.94. The molecule has 0 bridgehead atoms. The van der Waals surface area contributed by atoms with E-state index in [1.807, 2.05) is 4.68 Å². The van der Waals surface area contributed by atoms with Crippen LogP contribution >= 0.6 is 0 Å². The van der Waals surface area contributed by atoms with Gasteiger partial charge in [-0.2, -0.15) is 5.10 Å². The normalized spacial score (nSPS) is 10.9. The lowest BCUT2D eigenvalue weighted by Crippen LogP contribution is -2.12. The van der Waals surface area contributed by atoms with Gasteiger partial charge in [-0.3, -0.25) is 0 Å². The Bertz CT molecular complexity index is 508. The van der Waals surface area contributed by atoms with E-state index < -0.39 is 0 Å². The molecule has 0 fully saturated rings. The van der Waals surface area contributed by atoms with Crippen LogP contribution in [0.3, 0.4) is 0 Å². The summed E-state index contributed by atoms with van der Waals surface area (Å²) in [6, 6.07) is 6.79. The zero-order valence-corrected chi connectivity index (χ0v) is 11.4. The zero-order valence-electron chi connectivity index (χ0n) is 11.4. The summed E-state index contributed by atoms with van der Waals surface area (Å²) >= 11 is 0. The minimum atomic E-state index is 0.337. The maximum Gasteiger partial charge on any atom is 0.146 e. The molecule has 0 saturated heterocycles. The van der Waals surface area contributed by atoms with E-state index in [4.69, 9.17) is 0 Å². The van der Waals surface area contributed by atoms with Crippen LogP contribution in [0.4, 0.5) is 5.69 Å². The van der Waals surface area contributed by atoms with Crippen molar-refractivity contribution in [2.45, 2.75) is 40.3 Å². The van der Waals surface area contributed by atoms with Gasteiger partial charge in [0.05, 0.1) is 6.54 Å². The third kappa shape index (κ3) is 2.88. The average molecular weight is 244 g/mol. The third-order valence-corrected chi connectivity index (χ3v) is 2.81. The molecule has 0 aliphatic rings. The molecule has 18 heavy (non-hydrogen) atoms. The average Bonchev–Trinajstić information content (AvgIpc) is 2.73. The summed E-state index contributed by atoms with van der Waals surface area (Å²) in [5.41, 5.74) is 3.66. The van der Waals surface area contributed by atoms with Crippen molar-refractivity contribution in [3.63, 3.8) is 0 Å². The lowest BCUT2D eigenvalue weighted by molar-refractivity contribution is 0.509. The van der Waals surface area contributed by atoms with Crippen molar-refractivity contribution >= 4 is 5.69 Å². The molecule has 2 rings (SSSR count). The van der Waals surface area contributed by atoms with Gasteiger partial charge in [0.1, 0.15) is 12.2 Å². The summed E-state index contributed by atoms with van der Waals surface area (Å²) in [6.45, 7) is 9.12. The maximum absolute atomic E-state index is 4.29. The third-order valence-electron chi connectivity index (χ3n) is 2.81. The van der Waals surface area contributed by atoms with E-state index in [0.717, 1.165) is 11.5 Å². The van der Waals surface area contributed by atoms with Crippen LogP contribution in [0.2, 0.25) is 0 Å². The van der Waals surface area contributed by atoms with Gasteiger partial charge in [-0.1, -0.05) is 6.07 Å². The minimum absolute atomic E-state index is 0.337. The molecule has 0 amide bonds. The zero-order chi connectivity index (χ0) is 13.1. The van der Waals surface area contributed by atoms with Crippen LogP contribution in [0.25, 0.3) is 0 Å². The monoisotopic (exact) mass is 244 g/mol. The van der Waals surface area contributed by atoms with E-state index in [1.54, 1.807) is 6.33 Å². The fourth-order valence-corrected chi connectivity index (χ4v) is 2.09. The Balaban J connectivity index is 2.09. The van der Waals surface area contributed by atoms with Crippen molar-refractivity contribution < 1.29 is 0 Å². The summed E-state index contributed by atoms with van der Waals surface area (Å²) < 4.78 is 1.94. The Hall–Kier alpha value is -1.84. The van der Waals surface area contributed by atoms with Crippen LogP contribution in [0.15, 0.2) is 24.5 Å². The van der Waals surface area contributed by atoms with Gasteiger partial charge in [0, 0.05) is 11.7 Å². The Labute approximate surface area is 108 Å². The summed E-state index contributed by atoms with van der Waals surface area (Å²) in [6.07, 6.45) is 1.61. The van der Waals surface area contributed by atoms with Gasteiger partial charge >= 0.3 is 0 Å². The number of aryl methyl sites for hydroxylation is 2. The van der Waals surface area contributed by atoms with E-state index in [9.17, 15) is 0 Å². The quantitative estimate of drug-likeness (QED) is 0.898. The lowest BCUT2D eigenvalue weighted by Gasteiger charge is -2.11. The summed E-state index contributed by atoms with van der Waals surface area (Å²) in [4.78, 5) is 4.29. The number of hydrogen-bond donors (Lipinski definition) is 1. The number of anilines is 1. The molecule has 0 aliphatic carbocycles. The largest absolute Gasteiger partial charge is 0.378 e. The molecule has 0 unspecified atom stereocenters. The summed E-state index contributed by atoms with van der Waals surface area (Å²) in [7, 11) is 0. The fourth-order valence-electron chi connectivity index (χ4n) is 2.09. The first-order valence-electron chi connectivity index (χ1n) is 6.27. The van der Waals surface area contributed by atoms with Crippen molar-refractivity contribution in [2.75, 3.05) is 5.32 Å². The van der Waals surface area contributed by atoms with Crippen LogP contribution in [0.5, 0.6) is 0 Å². The Morgan fingerprint density at radius 2 is 1.83 bits per heavy atom. The highest BCUT2D eigenvalue weighted by molar-refractivity contribution is 5.48. The number of benzene rings is 1. The fraction of sp³-hybridized carbons (Fsp3) is 0.429. The van der Waals surface area contributed by atoms with E-state index >= 15 is 0 Å². The van der Waals surface area contributed by atoms with Crippen molar-refractivity contribution in [2.24, 2.45) is 0 Å². The minimum Gasteiger partial charge on any atom is -0.378 e. The van der Waals surface area contributed by atoms with E-state index in [1.165, 1.54) is 11.1 Å². The number of nitrogens with zero attached hydrogens (tertiary/aromatic N) is 3.